The maximum atomic E-state index is 12.3. The first-order valence-electron chi connectivity index (χ1n) is 7.44. The van der Waals surface area contributed by atoms with E-state index in [1.54, 1.807) is 31.4 Å². The molecule has 1 fully saturated rings. The molecule has 2 rings (SSSR count). The van der Waals surface area contributed by atoms with Crippen molar-refractivity contribution >= 4 is 11.9 Å². The largest absolute Gasteiger partial charge is 0.497 e. The zero-order chi connectivity index (χ0) is 17.7. The average Bonchev–Trinajstić information content (AvgIpc) is 2.54. The molecule has 24 heavy (non-hydrogen) atoms. The SMILES string of the molecule is COc1ccc(C2OCC(C)(C)[C@H](C(=O)N/C=C\C(=O)O)O2)cc1. The Morgan fingerprint density at radius 1 is 1.33 bits per heavy atom. The highest BCUT2D eigenvalue weighted by Crippen LogP contribution is 2.36. The van der Waals surface area contributed by atoms with Crippen molar-refractivity contribution in [2.24, 2.45) is 5.41 Å². The van der Waals surface area contributed by atoms with Gasteiger partial charge in [-0.05, 0) is 12.1 Å². The number of amides is 1. The number of carboxylic acids is 1. The van der Waals surface area contributed by atoms with Crippen molar-refractivity contribution in [1.29, 1.82) is 0 Å². The van der Waals surface area contributed by atoms with E-state index < -0.39 is 29.7 Å². The van der Waals surface area contributed by atoms with Gasteiger partial charge in [0.1, 0.15) is 11.9 Å². The van der Waals surface area contributed by atoms with E-state index in [0.717, 1.165) is 17.8 Å². The van der Waals surface area contributed by atoms with Gasteiger partial charge in [0.25, 0.3) is 5.91 Å². The summed E-state index contributed by atoms with van der Waals surface area (Å²) in [6.07, 6.45) is 0.479. The summed E-state index contributed by atoms with van der Waals surface area (Å²) in [6.45, 7) is 4.02. The van der Waals surface area contributed by atoms with Crippen molar-refractivity contribution in [1.82, 2.24) is 5.32 Å². The average molecular weight is 335 g/mol. The normalized spacial score (nSPS) is 23.0. The highest BCUT2D eigenvalue weighted by Gasteiger charge is 2.43. The molecular weight excluding hydrogens is 314 g/mol. The molecule has 1 aliphatic heterocycles. The Hall–Kier alpha value is -2.38. The fourth-order valence-electron chi connectivity index (χ4n) is 2.34. The second-order valence-electron chi connectivity index (χ2n) is 6.10. The first kappa shape index (κ1) is 18.0. The van der Waals surface area contributed by atoms with Crippen LogP contribution in [0.5, 0.6) is 5.75 Å². The van der Waals surface area contributed by atoms with Gasteiger partial charge < -0.3 is 24.6 Å². The number of ether oxygens (including phenoxy) is 3. The molecule has 1 aliphatic rings. The van der Waals surface area contributed by atoms with Crippen molar-refractivity contribution in [2.45, 2.75) is 26.2 Å². The van der Waals surface area contributed by atoms with Gasteiger partial charge in [0.15, 0.2) is 6.29 Å². The molecular formula is C17H21NO6. The van der Waals surface area contributed by atoms with Crippen molar-refractivity contribution in [3.05, 3.63) is 42.1 Å². The van der Waals surface area contributed by atoms with Crippen molar-refractivity contribution < 1.29 is 28.9 Å². The van der Waals surface area contributed by atoms with Crippen LogP contribution in [-0.4, -0.2) is 36.8 Å². The quantitative estimate of drug-likeness (QED) is 0.798. The molecule has 1 saturated heterocycles. The van der Waals surface area contributed by atoms with E-state index in [2.05, 4.69) is 5.32 Å². The Labute approximate surface area is 140 Å². The second kappa shape index (κ2) is 7.46. The Balaban J connectivity index is 2.10. The van der Waals surface area contributed by atoms with Crippen LogP contribution in [0.4, 0.5) is 0 Å². The van der Waals surface area contributed by atoms with Gasteiger partial charge in [0.05, 0.1) is 13.7 Å². The Kier molecular flexibility index (Phi) is 5.58. The number of carbonyl (C=O) groups is 2. The van der Waals surface area contributed by atoms with Gasteiger partial charge in [-0.2, -0.15) is 0 Å². The van der Waals surface area contributed by atoms with E-state index in [0.29, 0.717) is 12.4 Å². The maximum Gasteiger partial charge on any atom is 0.329 e. The predicted octanol–water partition coefficient (Wildman–Crippen LogP) is 1.85. The van der Waals surface area contributed by atoms with Gasteiger partial charge in [-0.1, -0.05) is 26.0 Å². The van der Waals surface area contributed by atoms with Gasteiger partial charge in [-0.25, -0.2) is 4.79 Å². The lowest BCUT2D eigenvalue weighted by Gasteiger charge is -2.40. The summed E-state index contributed by atoms with van der Waals surface area (Å²) in [5.41, 5.74) is 0.217. The lowest BCUT2D eigenvalue weighted by Crippen LogP contribution is -2.50. The summed E-state index contributed by atoms with van der Waals surface area (Å²) in [6, 6.07) is 7.18. The minimum absolute atomic E-state index is 0.324. The van der Waals surface area contributed by atoms with Crippen molar-refractivity contribution in [3.8, 4) is 5.75 Å². The molecule has 130 valence electrons. The van der Waals surface area contributed by atoms with Crippen LogP contribution < -0.4 is 10.1 Å². The highest BCUT2D eigenvalue weighted by atomic mass is 16.7. The minimum atomic E-state index is -1.14. The number of benzene rings is 1. The highest BCUT2D eigenvalue weighted by molar-refractivity contribution is 5.85. The van der Waals surface area contributed by atoms with Gasteiger partial charge in [0.2, 0.25) is 0 Å². The number of rotatable bonds is 5. The van der Waals surface area contributed by atoms with Crippen molar-refractivity contribution in [3.63, 3.8) is 0 Å². The summed E-state index contributed by atoms with van der Waals surface area (Å²) >= 11 is 0. The third kappa shape index (κ3) is 4.33. The van der Waals surface area contributed by atoms with Crippen LogP contribution in [0.1, 0.15) is 25.7 Å². The number of carbonyl (C=O) groups excluding carboxylic acids is 1. The van der Waals surface area contributed by atoms with Crippen LogP contribution in [-0.2, 0) is 19.1 Å². The Morgan fingerprint density at radius 2 is 2.00 bits per heavy atom. The Morgan fingerprint density at radius 3 is 2.58 bits per heavy atom. The number of carboxylic acid groups (broad SMARTS) is 1. The first-order valence-corrected chi connectivity index (χ1v) is 7.44. The van der Waals surface area contributed by atoms with E-state index in [1.165, 1.54) is 0 Å². The fourth-order valence-corrected chi connectivity index (χ4v) is 2.34. The van der Waals surface area contributed by atoms with E-state index in [1.807, 2.05) is 13.8 Å². The molecule has 0 spiro atoms. The summed E-state index contributed by atoms with van der Waals surface area (Å²) in [5.74, 6) is -0.846. The minimum Gasteiger partial charge on any atom is -0.497 e. The summed E-state index contributed by atoms with van der Waals surface area (Å²) < 4.78 is 16.7. The summed E-state index contributed by atoms with van der Waals surface area (Å²) in [4.78, 5) is 22.8. The predicted molar refractivity (Wildman–Crippen MR) is 85.3 cm³/mol. The molecule has 0 bridgehead atoms. The van der Waals surface area contributed by atoms with Gasteiger partial charge >= 0.3 is 5.97 Å². The van der Waals surface area contributed by atoms with E-state index >= 15 is 0 Å². The molecule has 1 aromatic carbocycles. The van der Waals surface area contributed by atoms with Gasteiger partial charge in [-0.3, -0.25) is 4.79 Å². The number of hydrogen-bond acceptors (Lipinski definition) is 5. The molecule has 1 unspecified atom stereocenters. The number of aliphatic carboxylic acids is 1. The molecule has 7 heteroatoms. The van der Waals surface area contributed by atoms with Gasteiger partial charge in [-0.15, -0.1) is 0 Å². The topological polar surface area (TPSA) is 94.1 Å². The third-order valence-corrected chi connectivity index (χ3v) is 3.65. The Bertz CT molecular complexity index is 622. The third-order valence-electron chi connectivity index (χ3n) is 3.65. The van der Waals surface area contributed by atoms with Gasteiger partial charge in [0, 0.05) is 23.3 Å². The van der Waals surface area contributed by atoms with E-state index in [-0.39, 0.29) is 0 Å². The van der Waals surface area contributed by atoms with Crippen LogP contribution >= 0.6 is 0 Å². The smallest absolute Gasteiger partial charge is 0.329 e. The maximum absolute atomic E-state index is 12.3. The van der Waals surface area contributed by atoms with Crippen LogP contribution in [0.3, 0.4) is 0 Å². The fraction of sp³-hybridized carbons (Fsp3) is 0.412. The number of hydrogen-bond donors (Lipinski definition) is 2. The molecule has 1 amide bonds. The molecule has 2 atom stereocenters. The first-order chi connectivity index (χ1) is 11.3. The molecule has 1 aromatic rings. The van der Waals surface area contributed by atoms with Crippen LogP contribution in [0.25, 0.3) is 0 Å². The summed E-state index contributed by atoms with van der Waals surface area (Å²) in [5, 5.41) is 11.0. The zero-order valence-electron chi connectivity index (χ0n) is 13.8. The van der Waals surface area contributed by atoms with Crippen LogP contribution in [0, 0.1) is 5.41 Å². The molecule has 2 N–H and O–H groups in total. The number of nitrogens with one attached hydrogen (secondary N) is 1. The molecule has 0 radical (unpaired) electrons. The number of methoxy groups -OCH3 is 1. The molecule has 0 aromatic heterocycles. The van der Waals surface area contributed by atoms with Crippen LogP contribution in [0.2, 0.25) is 0 Å². The monoisotopic (exact) mass is 335 g/mol. The van der Waals surface area contributed by atoms with E-state index in [4.69, 9.17) is 19.3 Å². The summed E-state index contributed by atoms with van der Waals surface area (Å²) in [7, 11) is 1.58. The van der Waals surface area contributed by atoms with Crippen molar-refractivity contribution in [2.75, 3.05) is 13.7 Å². The standard InChI is InChI=1S/C17H21NO6/c1-17(2)10-23-16(11-4-6-12(22-3)7-5-11)24-14(17)15(21)18-9-8-13(19)20/h4-9,14,16H,10H2,1-3H3,(H,18,21)(H,19,20)/b9-8-/t14-,16?/m0/s1. The lowest BCUT2D eigenvalue weighted by molar-refractivity contribution is -0.258. The molecule has 0 saturated carbocycles. The zero-order valence-corrected chi connectivity index (χ0v) is 13.8. The molecule has 7 nitrogen and oxygen atoms in total. The van der Waals surface area contributed by atoms with E-state index in [9.17, 15) is 9.59 Å². The molecule has 0 aliphatic carbocycles. The lowest BCUT2D eigenvalue weighted by atomic mass is 9.85. The second-order valence-corrected chi connectivity index (χ2v) is 6.10. The molecule has 1 heterocycles. The van der Waals surface area contributed by atoms with Crippen LogP contribution in [0.15, 0.2) is 36.5 Å².